The molecule has 7 nitrogen and oxygen atoms in total. The second kappa shape index (κ2) is 8.25. The molecule has 0 unspecified atom stereocenters. The molecule has 2 rings (SSSR count). The highest BCUT2D eigenvalue weighted by atomic mass is 35.5. The second-order valence-corrected chi connectivity index (χ2v) is 5.59. The normalized spacial score (nSPS) is 10.2. The lowest BCUT2D eigenvalue weighted by Gasteiger charge is -2.07. The quantitative estimate of drug-likeness (QED) is 0.484. The van der Waals surface area contributed by atoms with Crippen molar-refractivity contribution in [1.82, 2.24) is 5.32 Å². The number of nitro benzene ring substituents is 1. The maximum Gasteiger partial charge on any atom is 0.338 e. The van der Waals surface area contributed by atoms with Crippen LogP contribution < -0.4 is 5.32 Å². The van der Waals surface area contributed by atoms with Crippen LogP contribution in [0, 0.1) is 10.1 Å². The zero-order chi connectivity index (χ0) is 18.4. The van der Waals surface area contributed by atoms with Crippen molar-refractivity contribution in [2.45, 2.75) is 6.42 Å². The van der Waals surface area contributed by atoms with Crippen molar-refractivity contribution < 1.29 is 19.2 Å². The third-order valence-corrected chi connectivity index (χ3v) is 3.64. The number of nitro groups is 1. The summed E-state index contributed by atoms with van der Waals surface area (Å²) in [6.45, 7) is 0.315. The molecule has 0 heterocycles. The van der Waals surface area contributed by atoms with E-state index in [-0.39, 0.29) is 16.8 Å². The van der Waals surface area contributed by atoms with E-state index in [9.17, 15) is 19.7 Å². The summed E-state index contributed by atoms with van der Waals surface area (Å²) in [5, 5.41) is 14.2. The van der Waals surface area contributed by atoms with Crippen LogP contribution in [0.25, 0.3) is 0 Å². The van der Waals surface area contributed by atoms with Gasteiger partial charge in [0.2, 0.25) is 0 Å². The average molecular weight is 363 g/mol. The number of rotatable bonds is 6. The molecule has 0 aliphatic heterocycles. The minimum absolute atomic E-state index is 0.0145. The molecule has 0 atom stereocenters. The lowest BCUT2D eigenvalue weighted by molar-refractivity contribution is -0.384. The number of halogens is 1. The zero-order valence-corrected chi connectivity index (χ0v) is 14.1. The van der Waals surface area contributed by atoms with Crippen LogP contribution in [-0.4, -0.2) is 30.5 Å². The van der Waals surface area contributed by atoms with E-state index in [1.54, 1.807) is 12.1 Å². The Bertz CT molecular complexity index is 822. The van der Waals surface area contributed by atoms with Gasteiger partial charge in [-0.2, -0.15) is 0 Å². The van der Waals surface area contributed by atoms with E-state index in [0.29, 0.717) is 18.0 Å². The van der Waals surface area contributed by atoms with Crippen LogP contribution in [0.4, 0.5) is 5.69 Å². The van der Waals surface area contributed by atoms with Gasteiger partial charge in [-0.3, -0.25) is 14.9 Å². The molecule has 1 N–H and O–H groups in total. The summed E-state index contributed by atoms with van der Waals surface area (Å²) in [5.41, 5.74) is 0.544. The Morgan fingerprint density at radius 3 is 2.56 bits per heavy atom. The third-order valence-electron chi connectivity index (χ3n) is 3.40. The first-order valence-electron chi connectivity index (χ1n) is 7.31. The minimum Gasteiger partial charge on any atom is -0.465 e. The second-order valence-electron chi connectivity index (χ2n) is 5.15. The van der Waals surface area contributed by atoms with Crippen molar-refractivity contribution in [3.63, 3.8) is 0 Å². The van der Waals surface area contributed by atoms with Crippen molar-refractivity contribution >= 4 is 29.2 Å². The van der Waals surface area contributed by atoms with E-state index in [0.717, 1.165) is 24.8 Å². The standard InChI is InChI=1S/C17H15ClN2O5/c1-25-17(22)13-8-12(9-15(10-13)20(23)24)16(21)19-6-5-11-3-2-4-14(18)7-11/h2-4,7-10H,5-6H2,1H3,(H,19,21). The van der Waals surface area contributed by atoms with Crippen LogP contribution in [0.2, 0.25) is 5.02 Å². The first-order valence-corrected chi connectivity index (χ1v) is 7.69. The fourth-order valence-corrected chi connectivity index (χ4v) is 2.41. The van der Waals surface area contributed by atoms with E-state index >= 15 is 0 Å². The molecule has 2 aromatic carbocycles. The molecule has 8 heteroatoms. The van der Waals surface area contributed by atoms with Crippen LogP contribution in [0.15, 0.2) is 42.5 Å². The number of benzene rings is 2. The molecule has 25 heavy (non-hydrogen) atoms. The molecule has 0 aliphatic rings. The summed E-state index contributed by atoms with van der Waals surface area (Å²) >= 11 is 5.90. The molecule has 2 aromatic rings. The van der Waals surface area contributed by atoms with Gasteiger partial charge < -0.3 is 10.1 Å². The predicted molar refractivity (Wildman–Crippen MR) is 91.9 cm³/mol. The van der Waals surface area contributed by atoms with Gasteiger partial charge in [-0.15, -0.1) is 0 Å². The van der Waals surface area contributed by atoms with E-state index in [2.05, 4.69) is 10.1 Å². The Kier molecular flexibility index (Phi) is 6.08. The molecular weight excluding hydrogens is 348 g/mol. The Hall–Kier alpha value is -2.93. The predicted octanol–water partition coefficient (Wildman–Crippen LogP) is 3.01. The van der Waals surface area contributed by atoms with Gasteiger partial charge in [0, 0.05) is 29.3 Å². The monoisotopic (exact) mass is 362 g/mol. The summed E-state index contributed by atoms with van der Waals surface area (Å²) in [4.78, 5) is 34.1. The Morgan fingerprint density at radius 2 is 1.92 bits per heavy atom. The lowest BCUT2D eigenvalue weighted by Crippen LogP contribution is -2.26. The molecule has 0 saturated carbocycles. The number of hydrogen-bond donors (Lipinski definition) is 1. The van der Waals surface area contributed by atoms with Gasteiger partial charge in [-0.05, 0) is 30.2 Å². The molecule has 0 radical (unpaired) electrons. The number of methoxy groups -OCH3 is 1. The zero-order valence-electron chi connectivity index (χ0n) is 13.3. The van der Waals surface area contributed by atoms with Gasteiger partial charge >= 0.3 is 5.97 Å². The molecule has 0 aromatic heterocycles. The van der Waals surface area contributed by atoms with Crippen LogP contribution in [0.3, 0.4) is 0 Å². The van der Waals surface area contributed by atoms with Crippen LogP contribution in [0.5, 0.6) is 0 Å². The molecule has 1 amide bonds. The largest absolute Gasteiger partial charge is 0.465 e. The first-order chi connectivity index (χ1) is 11.9. The van der Waals surface area contributed by atoms with Crippen LogP contribution >= 0.6 is 11.6 Å². The van der Waals surface area contributed by atoms with E-state index in [4.69, 9.17) is 11.6 Å². The fraction of sp³-hybridized carbons (Fsp3) is 0.176. The summed E-state index contributed by atoms with van der Waals surface area (Å²) in [6, 6.07) is 10.7. The van der Waals surface area contributed by atoms with Gasteiger partial charge in [-0.1, -0.05) is 23.7 Å². The Morgan fingerprint density at radius 1 is 1.20 bits per heavy atom. The molecule has 130 valence electrons. The number of carbonyl (C=O) groups is 2. The number of non-ortho nitro benzene ring substituents is 1. The average Bonchev–Trinajstić information content (AvgIpc) is 2.60. The maximum absolute atomic E-state index is 12.2. The van der Waals surface area contributed by atoms with E-state index in [1.807, 2.05) is 12.1 Å². The van der Waals surface area contributed by atoms with Crippen LogP contribution in [0.1, 0.15) is 26.3 Å². The summed E-state index contributed by atoms with van der Waals surface area (Å²) < 4.78 is 4.55. The van der Waals surface area contributed by atoms with E-state index in [1.165, 1.54) is 6.07 Å². The van der Waals surface area contributed by atoms with Crippen molar-refractivity contribution in [1.29, 1.82) is 0 Å². The van der Waals surface area contributed by atoms with Gasteiger partial charge in [0.15, 0.2) is 0 Å². The SMILES string of the molecule is COC(=O)c1cc(C(=O)NCCc2cccc(Cl)c2)cc([N+](=O)[O-])c1. The summed E-state index contributed by atoms with van der Waals surface area (Å²) in [7, 11) is 1.16. The van der Waals surface area contributed by atoms with Crippen molar-refractivity contribution in [2.24, 2.45) is 0 Å². The molecule has 0 bridgehead atoms. The summed E-state index contributed by atoms with van der Waals surface area (Å²) in [6.07, 6.45) is 0.547. The van der Waals surface area contributed by atoms with Gasteiger partial charge in [-0.25, -0.2) is 4.79 Å². The molecular formula is C17H15ClN2O5. The number of carbonyl (C=O) groups excluding carboxylic acids is 2. The number of nitrogens with zero attached hydrogens (tertiary/aromatic N) is 1. The number of nitrogens with one attached hydrogen (secondary N) is 1. The Balaban J connectivity index is 2.11. The number of hydrogen-bond acceptors (Lipinski definition) is 5. The van der Waals surface area contributed by atoms with Crippen LogP contribution in [-0.2, 0) is 11.2 Å². The highest BCUT2D eigenvalue weighted by molar-refractivity contribution is 6.30. The molecule has 0 spiro atoms. The molecule has 0 saturated heterocycles. The topological polar surface area (TPSA) is 98.5 Å². The van der Waals surface area contributed by atoms with Crippen molar-refractivity contribution in [2.75, 3.05) is 13.7 Å². The van der Waals surface area contributed by atoms with Gasteiger partial charge in [0.25, 0.3) is 11.6 Å². The Labute approximate surface area is 148 Å². The third kappa shape index (κ3) is 5.02. The summed E-state index contributed by atoms with van der Waals surface area (Å²) in [5.74, 6) is -1.27. The highest BCUT2D eigenvalue weighted by Gasteiger charge is 2.18. The lowest BCUT2D eigenvalue weighted by atomic mass is 10.1. The maximum atomic E-state index is 12.2. The fourth-order valence-electron chi connectivity index (χ4n) is 2.20. The van der Waals surface area contributed by atoms with Gasteiger partial charge in [0.1, 0.15) is 0 Å². The smallest absolute Gasteiger partial charge is 0.338 e. The first kappa shape index (κ1) is 18.4. The highest BCUT2D eigenvalue weighted by Crippen LogP contribution is 2.18. The minimum atomic E-state index is -0.753. The molecule has 0 aliphatic carbocycles. The van der Waals surface area contributed by atoms with Crippen molar-refractivity contribution in [3.8, 4) is 0 Å². The van der Waals surface area contributed by atoms with Gasteiger partial charge in [0.05, 0.1) is 17.6 Å². The van der Waals surface area contributed by atoms with E-state index < -0.39 is 16.8 Å². The number of esters is 1. The number of ether oxygens (including phenoxy) is 1. The number of amides is 1. The van der Waals surface area contributed by atoms with Crippen molar-refractivity contribution in [3.05, 3.63) is 74.3 Å². The molecule has 0 fully saturated rings.